The van der Waals surface area contributed by atoms with Crippen molar-refractivity contribution >= 4 is 11.8 Å². The van der Waals surface area contributed by atoms with Crippen LogP contribution in [-0.2, 0) is 22.6 Å². The van der Waals surface area contributed by atoms with Crippen LogP contribution in [0.3, 0.4) is 0 Å². The molecule has 0 aliphatic carbocycles. The molecule has 30 heavy (non-hydrogen) atoms. The molecule has 2 aromatic rings. The standard InChI is InChI=1S/C22H32N4O4/c1-4-16(3)23-22(28)19-15-30-20(24-19)14-25-10-6-8-17(25)12-26(21(27)5-2)13-18-9-7-11-29-18/h6,8,10,15-16,18H,4-5,7,9,11-14H2,1-3H3,(H,23,28)/t16-,18-/m0/s1. The number of carbonyl (C=O) groups excluding carboxylic acids is 2. The molecule has 0 unspecified atom stereocenters. The fraction of sp³-hybridized carbons (Fsp3) is 0.591. The number of aromatic nitrogens is 2. The van der Waals surface area contributed by atoms with Gasteiger partial charge in [-0.3, -0.25) is 9.59 Å². The number of amides is 2. The van der Waals surface area contributed by atoms with E-state index in [2.05, 4.69) is 10.3 Å². The summed E-state index contributed by atoms with van der Waals surface area (Å²) in [5.74, 6) is 0.330. The van der Waals surface area contributed by atoms with Gasteiger partial charge >= 0.3 is 0 Å². The molecule has 0 radical (unpaired) electrons. The summed E-state index contributed by atoms with van der Waals surface area (Å²) in [5.41, 5.74) is 1.26. The van der Waals surface area contributed by atoms with Gasteiger partial charge in [0.1, 0.15) is 6.26 Å². The highest BCUT2D eigenvalue weighted by molar-refractivity contribution is 5.92. The Morgan fingerprint density at radius 3 is 2.93 bits per heavy atom. The van der Waals surface area contributed by atoms with Crippen LogP contribution >= 0.6 is 0 Å². The van der Waals surface area contributed by atoms with E-state index in [-0.39, 0.29) is 29.7 Å². The maximum Gasteiger partial charge on any atom is 0.273 e. The van der Waals surface area contributed by atoms with Gasteiger partial charge in [-0.05, 0) is 38.3 Å². The lowest BCUT2D eigenvalue weighted by molar-refractivity contribution is -0.133. The molecule has 0 saturated carbocycles. The predicted molar refractivity (Wildman–Crippen MR) is 112 cm³/mol. The van der Waals surface area contributed by atoms with E-state index >= 15 is 0 Å². The summed E-state index contributed by atoms with van der Waals surface area (Å²) >= 11 is 0. The van der Waals surface area contributed by atoms with Crippen LogP contribution in [0.2, 0.25) is 0 Å². The number of oxazole rings is 1. The Labute approximate surface area is 177 Å². The fourth-order valence-electron chi connectivity index (χ4n) is 3.49. The minimum atomic E-state index is -0.233. The third-order valence-electron chi connectivity index (χ3n) is 5.46. The summed E-state index contributed by atoms with van der Waals surface area (Å²) in [6.45, 7) is 8.11. The molecule has 2 aromatic heterocycles. The number of nitrogens with zero attached hydrogens (tertiary/aromatic N) is 3. The molecular weight excluding hydrogens is 384 g/mol. The summed E-state index contributed by atoms with van der Waals surface area (Å²) in [7, 11) is 0. The fourth-order valence-corrected chi connectivity index (χ4v) is 3.49. The second-order valence-electron chi connectivity index (χ2n) is 7.80. The van der Waals surface area contributed by atoms with Crippen molar-refractivity contribution < 1.29 is 18.7 Å². The van der Waals surface area contributed by atoms with E-state index in [0.717, 1.165) is 31.6 Å². The normalized spacial score (nSPS) is 17.1. The summed E-state index contributed by atoms with van der Waals surface area (Å²) in [5, 5.41) is 2.88. The third kappa shape index (κ3) is 5.72. The molecule has 1 saturated heterocycles. The van der Waals surface area contributed by atoms with Crippen LogP contribution in [0.1, 0.15) is 68.5 Å². The van der Waals surface area contributed by atoms with Crippen molar-refractivity contribution in [3.63, 3.8) is 0 Å². The van der Waals surface area contributed by atoms with E-state index in [4.69, 9.17) is 9.15 Å². The van der Waals surface area contributed by atoms with Gasteiger partial charge in [-0.2, -0.15) is 0 Å². The maximum atomic E-state index is 12.5. The number of hydrogen-bond acceptors (Lipinski definition) is 5. The SMILES string of the molecule is CCC(=O)N(Cc1cccn1Cc1nc(C(=O)N[C@@H](C)CC)co1)C[C@@H]1CCCO1. The van der Waals surface area contributed by atoms with Crippen molar-refractivity contribution in [3.05, 3.63) is 41.9 Å². The first-order chi connectivity index (χ1) is 14.5. The average Bonchev–Trinajstić information content (AvgIpc) is 3.50. The van der Waals surface area contributed by atoms with Crippen molar-refractivity contribution in [3.8, 4) is 0 Å². The van der Waals surface area contributed by atoms with Gasteiger partial charge in [0, 0.05) is 37.5 Å². The van der Waals surface area contributed by atoms with Crippen LogP contribution in [0.5, 0.6) is 0 Å². The average molecular weight is 417 g/mol. The quantitative estimate of drug-likeness (QED) is 0.643. The van der Waals surface area contributed by atoms with E-state index in [1.165, 1.54) is 6.26 Å². The molecule has 8 nitrogen and oxygen atoms in total. The van der Waals surface area contributed by atoms with Crippen LogP contribution in [-0.4, -0.2) is 51.6 Å². The molecule has 0 aromatic carbocycles. The second-order valence-corrected chi connectivity index (χ2v) is 7.80. The highest BCUT2D eigenvalue weighted by Crippen LogP contribution is 2.17. The molecule has 3 rings (SSSR count). The Hall–Kier alpha value is -2.61. The number of hydrogen-bond donors (Lipinski definition) is 1. The molecule has 8 heteroatoms. The van der Waals surface area contributed by atoms with E-state index in [0.29, 0.717) is 31.9 Å². The second kappa shape index (κ2) is 10.4. The van der Waals surface area contributed by atoms with E-state index < -0.39 is 0 Å². The van der Waals surface area contributed by atoms with Gasteiger partial charge in [0.15, 0.2) is 5.69 Å². The van der Waals surface area contributed by atoms with Gasteiger partial charge in [-0.15, -0.1) is 0 Å². The van der Waals surface area contributed by atoms with E-state index in [1.807, 2.05) is 48.6 Å². The summed E-state index contributed by atoms with van der Waals surface area (Å²) in [6, 6.07) is 4.01. The third-order valence-corrected chi connectivity index (χ3v) is 5.46. The first-order valence-corrected chi connectivity index (χ1v) is 10.8. The van der Waals surface area contributed by atoms with Crippen LogP contribution in [0, 0.1) is 0 Å². The molecule has 3 heterocycles. The minimum Gasteiger partial charge on any atom is -0.446 e. The van der Waals surface area contributed by atoms with Gasteiger partial charge in [0.25, 0.3) is 5.91 Å². The molecule has 164 valence electrons. The molecule has 2 atom stereocenters. The molecular formula is C22H32N4O4. The highest BCUT2D eigenvalue weighted by atomic mass is 16.5. The number of nitrogens with one attached hydrogen (secondary N) is 1. The Kier molecular flexibility index (Phi) is 7.68. The number of carbonyl (C=O) groups is 2. The lowest BCUT2D eigenvalue weighted by atomic mass is 10.2. The van der Waals surface area contributed by atoms with Crippen LogP contribution < -0.4 is 5.32 Å². The minimum absolute atomic E-state index is 0.0830. The first-order valence-electron chi connectivity index (χ1n) is 10.8. The van der Waals surface area contributed by atoms with Gasteiger partial charge in [0.2, 0.25) is 11.8 Å². The molecule has 0 spiro atoms. The van der Waals surface area contributed by atoms with Gasteiger partial charge in [-0.25, -0.2) is 4.98 Å². The van der Waals surface area contributed by atoms with E-state index in [1.54, 1.807) is 0 Å². The lowest BCUT2D eigenvalue weighted by Crippen LogP contribution is -2.37. The van der Waals surface area contributed by atoms with Gasteiger partial charge in [0.05, 0.1) is 19.2 Å². The summed E-state index contributed by atoms with van der Waals surface area (Å²) in [6.07, 6.45) is 6.78. The molecule has 2 amide bonds. The van der Waals surface area contributed by atoms with Crippen molar-refractivity contribution in [1.82, 2.24) is 19.8 Å². The smallest absolute Gasteiger partial charge is 0.273 e. The van der Waals surface area contributed by atoms with Crippen molar-refractivity contribution in [2.45, 2.75) is 71.7 Å². The first kappa shape index (κ1) is 22.1. The Balaban J connectivity index is 1.65. The molecule has 1 aliphatic heterocycles. The molecule has 1 N–H and O–H groups in total. The topological polar surface area (TPSA) is 89.6 Å². The highest BCUT2D eigenvalue weighted by Gasteiger charge is 2.23. The number of ether oxygens (including phenoxy) is 1. The zero-order chi connectivity index (χ0) is 21.5. The molecule has 1 fully saturated rings. The monoisotopic (exact) mass is 416 g/mol. The zero-order valence-corrected chi connectivity index (χ0v) is 18.1. The maximum absolute atomic E-state index is 12.5. The Morgan fingerprint density at radius 1 is 1.40 bits per heavy atom. The lowest BCUT2D eigenvalue weighted by Gasteiger charge is -2.25. The Bertz CT molecular complexity index is 838. The summed E-state index contributed by atoms with van der Waals surface area (Å²) < 4.78 is 13.2. The van der Waals surface area contributed by atoms with Gasteiger partial charge in [-0.1, -0.05) is 13.8 Å². The van der Waals surface area contributed by atoms with E-state index in [9.17, 15) is 9.59 Å². The van der Waals surface area contributed by atoms with Crippen LogP contribution in [0.15, 0.2) is 29.0 Å². The number of rotatable bonds is 10. The van der Waals surface area contributed by atoms with Crippen molar-refractivity contribution in [2.24, 2.45) is 0 Å². The van der Waals surface area contributed by atoms with Gasteiger partial charge < -0.3 is 23.9 Å². The van der Waals surface area contributed by atoms with Crippen molar-refractivity contribution in [2.75, 3.05) is 13.2 Å². The summed E-state index contributed by atoms with van der Waals surface area (Å²) in [4.78, 5) is 30.9. The van der Waals surface area contributed by atoms with Crippen molar-refractivity contribution in [1.29, 1.82) is 0 Å². The van der Waals surface area contributed by atoms with Crippen LogP contribution in [0.4, 0.5) is 0 Å². The largest absolute Gasteiger partial charge is 0.446 e. The molecule has 0 bridgehead atoms. The molecule has 1 aliphatic rings. The van der Waals surface area contributed by atoms with Crippen LogP contribution in [0.25, 0.3) is 0 Å². The Morgan fingerprint density at radius 2 is 2.23 bits per heavy atom. The zero-order valence-electron chi connectivity index (χ0n) is 18.1. The predicted octanol–water partition coefficient (Wildman–Crippen LogP) is 2.97.